The molecule has 0 aromatic carbocycles. The van der Waals surface area contributed by atoms with E-state index in [2.05, 4.69) is 0 Å². The number of methoxy groups -OCH3 is 1. The van der Waals surface area contributed by atoms with Crippen molar-refractivity contribution in [2.24, 2.45) is 0 Å². The number of hydrogen-bond acceptors (Lipinski definition) is 4. The molecule has 1 aliphatic carbocycles. The summed E-state index contributed by atoms with van der Waals surface area (Å²) in [5, 5.41) is 10.3. The van der Waals surface area contributed by atoms with E-state index in [9.17, 15) is 10.0 Å². The Bertz CT molecular complexity index is 282. The van der Waals surface area contributed by atoms with Gasteiger partial charge in [0.1, 0.15) is 5.60 Å². The maximum absolute atomic E-state index is 11.6. The molecule has 16 heavy (non-hydrogen) atoms. The zero-order valence-corrected chi connectivity index (χ0v) is 10.1. The smallest absolute Gasteiger partial charge is 0.434 e. The predicted molar refractivity (Wildman–Crippen MR) is 58.2 cm³/mol. The SMILES string of the molecule is CO[C@@H]1C=CC[C@@H]1N(O)C(=O)OC(C)(C)C. The van der Waals surface area contributed by atoms with Crippen LogP contribution in [0.3, 0.4) is 0 Å². The fourth-order valence-corrected chi connectivity index (χ4v) is 1.53. The van der Waals surface area contributed by atoms with Crippen molar-refractivity contribution in [1.29, 1.82) is 0 Å². The summed E-state index contributed by atoms with van der Waals surface area (Å²) in [7, 11) is 1.54. The number of nitrogens with zero attached hydrogens (tertiary/aromatic N) is 1. The largest absolute Gasteiger partial charge is 0.442 e. The minimum atomic E-state index is -0.747. The van der Waals surface area contributed by atoms with Gasteiger partial charge >= 0.3 is 6.09 Å². The number of hydrogen-bond donors (Lipinski definition) is 1. The summed E-state index contributed by atoms with van der Waals surface area (Å²) in [4.78, 5) is 11.6. The van der Waals surface area contributed by atoms with E-state index < -0.39 is 17.7 Å². The first-order valence-electron chi connectivity index (χ1n) is 5.25. The monoisotopic (exact) mass is 229 g/mol. The van der Waals surface area contributed by atoms with E-state index in [1.807, 2.05) is 12.2 Å². The molecule has 0 saturated carbocycles. The Morgan fingerprint density at radius 3 is 2.62 bits per heavy atom. The van der Waals surface area contributed by atoms with Crippen LogP contribution in [0, 0.1) is 0 Å². The van der Waals surface area contributed by atoms with Crippen molar-refractivity contribution in [3.8, 4) is 0 Å². The standard InChI is InChI=1S/C11H19NO4/c1-11(2,3)16-10(13)12(14)8-6-5-7-9(8)15-4/h5,7-9,14H,6H2,1-4H3/t8-,9+/m0/s1. The molecule has 1 rings (SSSR count). The van der Waals surface area contributed by atoms with Crippen LogP contribution < -0.4 is 0 Å². The highest BCUT2D eigenvalue weighted by molar-refractivity contribution is 5.67. The maximum Gasteiger partial charge on any atom is 0.434 e. The van der Waals surface area contributed by atoms with Gasteiger partial charge in [0.05, 0.1) is 12.1 Å². The van der Waals surface area contributed by atoms with Crippen LogP contribution >= 0.6 is 0 Å². The van der Waals surface area contributed by atoms with E-state index >= 15 is 0 Å². The van der Waals surface area contributed by atoms with Gasteiger partial charge in [-0.25, -0.2) is 4.79 Å². The zero-order valence-electron chi connectivity index (χ0n) is 10.1. The van der Waals surface area contributed by atoms with Crippen LogP contribution in [0.5, 0.6) is 0 Å². The Kier molecular flexibility index (Phi) is 3.93. The van der Waals surface area contributed by atoms with Crippen molar-refractivity contribution < 1.29 is 19.5 Å². The lowest BCUT2D eigenvalue weighted by molar-refractivity contribution is -0.137. The molecule has 2 atom stereocenters. The fraction of sp³-hybridized carbons (Fsp3) is 0.727. The van der Waals surface area contributed by atoms with Gasteiger partial charge in [0.25, 0.3) is 0 Å². The van der Waals surface area contributed by atoms with Gasteiger partial charge in [0.2, 0.25) is 0 Å². The van der Waals surface area contributed by atoms with Gasteiger partial charge in [-0.15, -0.1) is 0 Å². The third-order valence-corrected chi connectivity index (χ3v) is 2.25. The van der Waals surface area contributed by atoms with Crippen molar-refractivity contribution in [2.75, 3.05) is 7.11 Å². The highest BCUT2D eigenvalue weighted by Crippen LogP contribution is 2.20. The van der Waals surface area contributed by atoms with Gasteiger partial charge < -0.3 is 9.47 Å². The van der Waals surface area contributed by atoms with Crippen molar-refractivity contribution in [3.63, 3.8) is 0 Å². The summed E-state index contributed by atoms with van der Waals surface area (Å²) in [6.07, 6.45) is 3.22. The zero-order chi connectivity index (χ0) is 12.3. The van der Waals surface area contributed by atoms with E-state index in [0.29, 0.717) is 11.5 Å². The Morgan fingerprint density at radius 2 is 2.12 bits per heavy atom. The van der Waals surface area contributed by atoms with Crippen LogP contribution in [0.2, 0.25) is 0 Å². The first kappa shape index (κ1) is 13.0. The molecule has 0 radical (unpaired) electrons. The van der Waals surface area contributed by atoms with Gasteiger partial charge in [0.15, 0.2) is 0 Å². The van der Waals surface area contributed by atoms with Crippen LogP contribution in [0.4, 0.5) is 4.79 Å². The molecule has 0 aromatic rings. The molecular formula is C11H19NO4. The highest BCUT2D eigenvalue weighted by atomic mass is 16.6. The number of rotatable bonds is 2. The molecular weight excluding hydrogens is 210 g/mol. The highest BCUT2D eigenvalue weighted by Gasteiger charge is 2.33. The first-order valence-corrected chi connectivity index (χ1v) is 5.25. The molecule has 5 nitrogen and oxygen atoms in total. The summed E-state index contributed by atoms with van der Waals surface area (Å²) in [5.74, 6) is 0. The fourth-order valence-electron chi connectivity index (χ4n) is 1.53. The topological polar surface area (TPSA) is 59.0 Å². The number of carbonyl (C=O) groups is 1. The van der Waals surface area contributed by atoms with Crippen LogP contribution in [0.25, 0.3) is 0 Å². The second-order valence-electron chi connectivity index (χ2n) is 4.76. The minimum Gasteiger partial charge on any atom is -0.442 e. The Morgan fingerprint density at radius 1 is 1.50 bits per heavy atom. The van der Waals surface area contributed by atoms with Gasteiger partial charge in [-0.1, -0.05) is 12.2 Å². The molecule has 0 spiro atoms. The van der Waals surface area contributed by atoms with Crippen LogP contribution in [-0.4, -0.2) is 41.2 Å². The maximum atomic E-state index is 11.6. The predicted octanol–water partition coefficient (Wildman–Crippen LogP) is 1.96. The van der Waals surface area contributed by atoms with Gasteiger partial charge in [-0.05, 0) is 27.2 Å². The average Bonchev–Trinajstić information content (AvgIpc) is 2.61. The third-order valence-electron chi connectivity index (χ3n) is 2.25. The number of amides is 1. The normalized spacial score (nSPS) is 24.6. The average molecular weight is 229 g/mol. The summed E-state index contributed by atoms with van der Waals surface area (Å²) in [5.41, 5.74) is -0.618. The lowest BCUT2D eigenvalue weighted by Crippen LogP contribution is -2.45. The molecule has 92 valence electrons. The Hall–Kier alpha value is -1.07. The lowest BCUT2D eigenvalue weighted by atomic mass is 10.2. The summed E-state index contributed by atoms with van der Waals surface area (Å²) in [6, 6.07) is -0.403. The lowest BCUT2D eigenvalue weighted by Gasteiger charge is -2.29. The van der Waals surface area contributed by atoms with Crippen molar-refractivity contribution in [3.05, 3.63) is 12.2 Å². The van der Waals surface area contributed by atoms with E-state index in [4.69, 9.17) is 9.47 Å². The first-order chi connectivity index (χ1) is 7.35. The Balaban J connectivity index is 2.57. The molecule has 0 aromatic heterocycles. The van der Waals surface area contributed by atoms with E-state index in [1.54, 1.807) is 20.8 Å². The van der Waals surface area contributed by atoms with E-state index in [0.717, 1.165) is 0 Å². The minimum absolute atomic E-state index is 0.280. The summed E-state index contributed by atoms with van der Waals surface area (Å²) in [6.45, 7) is 5.25. The molecule has 1 amide bonds. The summed E-state index contributed by atoms with van der Waals surface area (Å²) < 4.78 is 10.2. The van der Waals surface area contributed by atoms with Gasteiger partial charge in [-0.2, -0.15) is 5.06 Å². The van der Waals surface area contributed by atoms with E-state index in [1.165, 1.54) is 7.11 Å². The Labute approximate surface area is 95.6 Å². The number of hydroxylamine groups is 2. The second-order valence-corrected chi connectivity index (χ2v) is 4.76. The van der Waals surface area contributed by atoms with Crippen molar-refractivity contribution in [1.82, 2.24) is 5.06 Å². The molecule has 5 heteroatoms. The molecule has 1 N–H and O–H groups in total. The third kappa shape index (κ3) is 3.21. The van der Waals surface area contributed by atoms with Gasteiger partial charge in [0, 0.05) is 7.11 Å². The molecule has 0 fully saturated rings. The number of carbonyl (C=O) groups excluding carboxylic acids is 1. The molecule has 0 heterocycles. The molecule has 1 aliphatic rings. The molecule has 0 aliphatic heterocycles. The number of ether oxygens (including phenoxy) is 2. The summed E-state index contributed by atoms with van der Waals surface area (Å²) >= 11 is 0. The molecule has 0 bridgehead atoms. The van der Waals surface area contributed by atoms with Crippen molar-refractivity contribution in [2.45, 2.75) is 44.9 Å². The van der Waals surface area contributed by atoms with Crippen molar-refractivity contribution >= 4 is 6.09 Å². The van der Waals surface area contributed by atoms with Crippen LogP contribution in [0.15, 0.2) is 12.2 Å². The van der Waals surface area contributed by atoms with Crippen LogP contribution in [-0.2, 0) is 9.47 Å². The second kappa shape index (κ2) is 4.84. The van der Waals surface area contributed by atoms with Gasteiger partial charge in [-0.3, -0.25) is 5.21 Å². The molecule has 0 saturated heterocycles. The quantitative estimate of drug-likeness (QED) is 0.446. The molecule has 0 unspecified atom stereocenters. The van der Waals surface area contributed by atoms with Crippen LogP contribution in [0.1, 0.15) is 27.2 Å². The van der Waals surface area contributed by atoms with E-state index in [-0.39, 0.29) is 6.10 Å².